The lowest BCUT2D eigenvalue weighted by molar-refractivity contribution is 0.994. The molecule has 0 saturated heterocycles. The van der Waals surface area contributed by atoms with Crippen LogP contribution in [-0.2, 0) is 0 Å². The van der Waals surface area contributed by atoms with Crippen LogP contribution in [0.1, 0.15) is 16.5 Å². The number of rotatable bonds is 2. The van der Waals surface area contributed by atoms with E-state index in [9.17, 15) is 0 Å². The second-order valence-electron chi connectivity index (χ2n) is 13.9. The largest absolute Gasteiger partial charge is 0.380 e. The number of para-hydroxylation sites is 1. The van der Waals surface area contributed by atoms with Gasteiger partial charge in [-0.05, 0) is 72.7 Å². The van der Waals surface area contributed by atoms with E-state index < -0.39 is 0 Å². The predicted octanol–water partition coefficient (Wildman–Crippen LogP) is 14.4. The zero-order valence-electron chi connectivity index (χ0n) is 28.3. The summed E-state index contributed by atoms with van der Waals surface area (Å²) in [6, 6.07) is 59.3. The van der Waals surface area contributed by atoms with Gasteiger partial charge in [-0.2, -0.15) is 0 Å². The maximum absolute atomic E-state index is 5.61. The van der Waals surface area contributed by atoms with Crippen LogP contribution >= 0.6 is 22.7 Å². The summed E-state index contributed by atoms with van der Waals surface area (Å²) in [6.45, 7) is 0. The highest BCUT2D eigenvalue weighted by Gasteiger charge is 2.25. The Balaban J connectivity index is 1.14. The molecular formula is C48H28N3S2-. The highest BCUT2D eigenvalue weighted by atomic mass is 32.1. The van der Waals surface area contributed by atoms with Gasteiger partial charge in [0.05, 0.1) is 6.04 Å². The average molecular weight is 711 g/mol. The van der Waals surface area contributed by atoms with Crippen molar-refractivity contribution in [1.82, 2.24) is 4.57 Å². The molecule has 1 atom stereocenters. The van der Waals surface area contributed by atoms with E-state index in [-0.39, 0.29) is 6.04 Å². The Kier molecular flexibility index (Phi) is 6.15. The van der Waals surface area contributed by atoms with E-state index in [4.69, 9.17) is 10.3 Å². The SMILES string of the molecule is c1ccc(-c2ccc(C3[N-]C(n4c5ccccc5c5ccc6c(ccc7ccc8sc9ccccc9c8c76)c54)=Nc4c3sc3ccccc43)cc2)cc1. The third-order valence-corrected chi connectivity index (χ3v) is 13.3. The first-order chi connectivity index (χ1) is 26.3. The zero-order chi connectivity index (χ0) is 34.6. The summed E-state index contributed by atoms with van der Waals surface area (Å²) in [5, 5.41) is 16.9. The van der Waals surface area contributed by atoms with Gasteiger partial charge in [0.1, 0.15) is 0 Å². The maximum Gasteiger partial charge on any atom is 0.0526 e. The van der Waals surface area contributed by atoms with Gasteiger partial charge < -0.3 is 14.9 Å². The molecular weight excluding hydrogens is 683 g/mol. The van der Waals surface area contributed by atoms with E-state index in [1.807, 2.05) is 22.7 Å². The molecule has 0 amide bonds. The number of aliphatic imine (C=N–C) groups is 1. The summed E-state index contributed by atoms with van der Waals surface area (Å²) in [5.74, 6) is 0.719. The normalized spacial score (nSPS) is 14.5. The molecule has 0 bridgehead atoms. The molecule has 53 heavy (non-hydrogen) atoms. The molecule has 0 fully saturated rings. The summed E-state index contributed by atoms with van der Waals surface area (Å²) >= 11 is 3.68. The molecule has 8 aromatic carbocycles. The van der Waals surface area contributed by atoms with Gasteiger partial charge in [0.25, 0.3) is 0 Å². The number of benzene rings is 8. The molecule has 3 nitrogen and oxygen atoms in total. The van der Waals surface area contributed by atoms with Crippen LogP contribution in [0.3, 0.4) is 0 Å². The number of fused-ring (bicyclic) bond motifs is 14. The Morgan fingerprint density at radius 2 is 1.11 bits per heavy atom. The van der Waals surface area contributed by atoms with Gasteiger partial charge in [-0.15, -0.1) is 22.7 Å². The lowest BCUT2D eigenvalue weighted by Gasteiger charge is -2.33. The lowest BCUT2D eigenvalue weighted by Crippen LogP contribution is -2.17. The van der Waals surface area contributed by atoms with Crippen molar-refractivity contribution in [2.45, 2.75) is 6.04 Å². The summed E-state index contributed by atoms with van der Waals surface area (Å²) in [6.07, 6.45) is 0. The van der Waals surface area contributed by atoms with Gasteiger partial charge >= 0.3 is 0 Å². The van der Waals surface area contributed by atoms with Crippen LogP contribution in [0.5, 0.6) is 0 Å². The molecule has 1 aliphatic rings. The molecule has 0 saturated carbocycles. The maximum atomic E-state index is 5.61. The van der Waals surface area contributed by atoms with Crippen molar-refractivity contribution >= 4 is 108 Å². The number of aromatic nitrogens is 1. The van der Waals surface area contributed by atoms with Crippen molar-refractivity contribution in [2.24, 2.45) is 4.99 Å². The number of thiophene rings is 2. The Hall–Kier alpha value is -6.27. The van der Waals surface area contributed by atoms with Crippen molar-refractivity contribution in [3.63, 3.8) is 0 Å². The van der Waals surface area contributed by atoms with Crippen molar-refractivity contribution in [2.75, 3.05) is 0 Å². The topological polar surface area (TPSA) is 31.4 Å². The fourth-order valence-corrected chi connectivity index (χ4v) is 10.9. The molecule has 0 spiro atoms. The van der Waals surface area contributed by atoms with E-state index in [0.717, 1.165) is 28.2 Å². The first kappa shape index (κ1) is 29.3. The quantitative estimate of drug-likeness (QED) is 0.160. The predicted molar refractivity (Wildman–Crippen MR) is 229 cm³/mol. The minimum atomic E-state index is -0.191. The summed E-state index contributed by atoms with van der Waals surface area (Å²) in [7, 11) is 0. The molecule has 3 aromatic heterocycles. The summed E-state index contributed by atoms with van der Waals surface area (Å²) < 4.78 is 6.20. The van der Waals surface area contributed by atoms with Gasteiger partial charge in [-0.3, -0.25) is 0 Å². The molecule has 0 radical (unpaired) electrons. The van der Waals surface area contributed by atoms with Crippen LogP contribution in [0.2, 0.25) is 0 Å². The van der Waals surface area contributed by atoms with Crippen LogP contribution in [0.15, 0.2) is 169 Å². The fourth-order valence-electron chi connectivity index (χ4n) is 8.59. The van der Waals surface area contributed by atoms with Gasteiger partial charge in [-0.25, -0.2) is 0 Å². The average Bonchev–Trinajstić information content (AvgIpc) is 3.90. The Labute approximate surface area is 312 Å². The van der Waals surface area contributed by atoms with E-state index in [1.54, 1.807) is 0 Å². The summed E-state index contributed by atoms with van der Waals surface area (Å²) in [4.78, 5) is 6.68. The smallest absolute Gasteiger partial charge is 0.0526 e. The van der Waals surface area contributed by atoms with Crippen molar-refractivity contribution < 1.29 is 0 Å². The molecule has 1 unspecified atom stereocenters. The highest BCUT2D eigenvalue weighted by molar-refractivity contribution is 7.26. The second kappa shape index (κ2) is 11.1. The van der Waals surface area contributed by atoms with E-state index in [1.165, 1.54) is 78.6 Å². The first-order valence-electron chi connectivity index (χ1n) is 17.9. The summed E-state index contributed by atoms with van der Waals surface area (Å²) in [5.41, 5.74) is 6.85. The highest BCUT2D eigenvalue weighted by Crippen LogP contribution is 2.51. The van der Waals surface area contributed by atoms with Crippen LogP contribution < -0.4 is 0 Å². The van der Waals surface area contributed by atoms with Crippen LogP contribution in [0, 0.1) is 0 Å². The van der Waals surface area contributed by atoms with Gasteiger partial charge in [0, 0.05) is 52.3 Å². The Morgan fingerprint density at radius 3 is 1.96 bits per heavy atom. The zero-order valence-corrected chi connectivity index (χ0v) is 30.0. The monoisotopic (exact) mass is 710 g/mol. The van der Waals surface area contributed by atoms with Crippen molar-refractivity contribution in [1.29, 1.82) is 0 Å². The third kappa shape index (κ3) is 4.23. The molecule has 4 heterocycles. The number of hydrogen-bond acceptors (Lipinski definition) is 3. The van der Waals surface area contributed by atoms with Gasteiger partial charge in [-0.1, -0.05) is 146 Å². The number of nitrogens with zero attached hydrogens (tertiary/aromatic N) is 3. The van der Waals surface area contributed by atoms with Crippen molar-refractivity contribution in [3.05, 3.63) is 180 Å². The fraction of sp³-hybridized carbons (Fsp3) is 0.0208. The minimum absolute atomic E-state index is 0.191. The van der Waals surface area contributed by atoms with Crippen LogP contribution in [0.25, 0.3) is 90.1 Å². The van der Waals surface area contributed by atoms with Crippen LogP contribution in [0.4, 0.5) is 5.69 Å². The Morgan fingerprint density at radius 1 is 0.472 bits per heavy atom. The molecule has 248 valence electrons. The van der Waals surface area contributed by atoms with E-state index >= 15 is 0 Å². The van der Waals surface area contributed by atoms with E-state index in [0.29, 0.717) is 0 Å². The molecule has 1 aliphatic heterocycles. The molecule has 0 N–H and O–H groups in total. The molecule has 0 aliphatic carbocycles. The standard InChI is InChI=1S/C48H28N3S2/c1-2-10-28(11-3-1)29-18-20-31(21-19-29)44-47-45(37-14-6-9-17-40(37)53-47)50-48(49-44)51-38-15-7-4-12-32(38)34-26-25-33-35(46(34)51)24-22-30-23-27-41-43(42(30)33)36-13-5-8-16-39(36)52-41/h1-27,44H/q-1. The molecule has 5 heteroatoms. The van der Waals surface area contributed by atoms with Gasteiger partial charge in [0.2, 0.25) is 0 Å². The molecule has 12 rings (SSSR count). The second-order valence-corrected chi connectivity index (χ2v) is 16.0. The first-order valence-corrected chi connectivity index (χ1v) is 19.6. The number of hydrogen-bond donors (Lipinski definition) is 0. The minimum Gasteiger partial charge on any atom is -0.380 e. The molecule has 11 aromatic rings. The third-order valence-electron chi connectivity index (χ3n) is 11.0. The van der Waals surface area contributed by atoms with Crippen molar-refractivity contribution in [3.8, 4) is 11.1 Å². The van der Waals surface area contributed by atoms with E-state index in [2.05, 4.69) is 168 Å². The lowest BCUT2D eigenvalue weighted by atomic mass is 9.96. The van der Waals surface area contributed by atoms with Gasteiger partial charge in [0.15, 0.2) is 0 Å². The van der Waals surface area contributed by atoms with Crippen LogP contribution in [-0.4, -0.2) is 10.5 Å². The Bertz CT molecular complexity index is 3310.